The number of amides is 1. The highest BCUT2D eigenvalue weighted by Gasteiger charge is 2.30. The van der Waals surface area contributed by atoms with E-state index in [1.54, 1.807) is 6.07 Å². The Bertz CT molecular complexity index is 1320. The molecule has 0 bridgehead atoms. The predicted octanol–water partition coefficient (Wildman–Crippen LogP) is 5.63. The van der Waals surface area contributed by atoms with Gasteiger partial charge in [0.15, 0.2) is 0 Å². The first-order chi connectivity index (χ1) is 15.3. The third-order valence-electron chi connectivity index (χ3n) is 5.90. The summed E-state index contributed by atoms with van der Waals surface area (Å²) in [4.78, 5) is 12.8. The van der Waals surface area contributed by atoms with Gasteiger partial charge in [-0.3, -0.25) is 4.79 Å². The van der Waals surface area contributed by atoms with Crippen molar-refractivity contribution in [2.24, 2.45) is 0 Å². The summed E-state index contributed by atoms with van der Waals surface area (Å²) in [5, 5.41) is 4.82. The van der Waals surface area contributed by atoms with Crippen LogP contribution in [0.4, 0.5) is 13.2 Å². The van der Waals surface area contributed by atoms with Gasteiger partial charge in [0.05, 0.1) is 29.2 Å². The van der Waals surface area contributed by atoms with Crippen molar-refractivity contribution in [2.45, 2.75) is 25.6 Å². The number of nitrogens with zero attached hydrogens (tertiary/aromatic N) is 1. The zero-order valence-corrected chi connectivity index (χ0v) is 17.4. The van der Waals surface area contributed by atoms with Gasteiger partial charge >= 0.3 is 6.18 Å². The van der Waals surface area contributed by atoms with Crippen LogP contribution in [0.15, 0.2) is 60.7 Å². The minimum atomic E-state index is -4.39. The molecule has 1 aliphatic heterocycles. The van der Waals surface area contributed by atoms with Crippen LogP contribution in [0.1, 0.15) is 27.9 Å². The fraction of sp³-hybridized carbons (Fsp3) is 0.240. The van der Waals surface area contributed by atoms with Crippen LogP contribution in [0.2, 0.25) is 0 Å². The monoisotopic (exact) mass is 438 g/mol. The Morgan fingerprint density at radius 3 is 2.34 bits per heavy atom. The van der Waals surface area contributed by atoms with Crippen LogP contribution in [0.5, 0.6) is 0 Å². The van der Waals surface area contributed by atoms with Gasteiger partial charge < -0.3 is 14.6 Å². The molecule has 2 heterocycles. The fourth-order valence-electron chi connectivity index (χ4n) is 4.27. The van der Waals surface area contributed by atoms with Gasteiger partial charge in [-0.15, -0.1) is 0 Å². The van der Waals surface area contributed by atoms with E-state index >= 15 is 0 Å². The van der Waals surface area contributed by atoms with Crippen molar-refractivity contribution >= 4 is 27.7 Å². The molecule has 4 aromatic rings. The van der Waals surface area contributed by atoms with E-state index in [0.29, 0.717) is 24.5 Å². The number of alkyl halides is 3. The molecule has 1 amide bonds. The molecule has 0 saturated carbocycles. The second-order valence-electron chi connectivity index (χ2n) is 8.17. The van der Waals surface area contributed by atoms with Crippen molar-refractivity contribution in [1.29, 1.82) is 0 Å². The molecule has 3 aromatic carbocycles. The minimum Gasteiger partial charge on any atom is -0.379 e. The summed E-state index contributed by atoms with van der Waals surface area (Å²) < 4.78 is 46.3. The number of hydrogen-bond acceptors (Lipinski definition) is 2. The first-order valence-electron chi connectivity index (χ1n) is 10.4. The highest BCUT2D eigenvalue weighted by molar-refractivity contribution is 6.11. The standard InChI is InChI=1S/C25H21F3N2O2/c1-15-2-8-22-20(12-15)21-13-16(24(31)29-18-10-11-32-14-18)3-9-23(21)30(22)19-6-4-17(5-7-19)25(26,27)28/h2-9,12-13,18H,10-11,14H2,1H3,(H,29,31). The van der Waals surface area contributed by atoms with Crippen LogP contribution in [0.25, 0.3) is 27.5 Å². The molecule has 1 N–H and O–H groups in total. The Balaban J connectivity index is 1.63. The maximum Gasteiger partial charge on any atom is 0.416 e. The molecule has 1 saturated heterocycles. The van der Waals surface area contributed by atoms with Crippen molar-refractivity contribution in [3.05, 3.63) is 77.4 Å². The zero-order valence-electron chi connectivity index (χ0n) is 17.4. The molecule has 5 rings (SSSR count). The lowest BCUT2D eigenvalue weighted by Gasteiger charge is -2.12. The summed E-state index contributed by atoms with van der Waals surface area (Å²) in [6.07, 6.45) is -3.59. The molecule has 7 heteroatoms. The summed E-state index contributed by atoms with van der Waals surface area (Å²) in [7, 11) is 0. The van der Waals surface area contributed by atoms with Crippen LogP contribution in [0.3, 0.4) is 0 Å². The Kier molecular flexibility index (Phi) is 4.93. The van der Waals surface area contributed by atoms with Gasteiger partial charge in [-0.25, -0.2) is 0 Å². The van der Waals surface area contributed by atoms with Crippen LogP contribution in [-0.2, 0) is 10.9 Å². The van der Waals surface area contributed by atoms with Gasteiger partial charge in [0.25, 0.3) is 5.91 Å². The number of aryl methyl sites for hydroxylation is 1. The number of aromatic nitrogens is 1. The van der Waals surface area contributed by atoms with E-state index in [0.717, 1.165) is 45.9 Å². The molecule has 0 aliphatic carbocycles. The van der Waals surface area contributed by atoms with E-state index in [1.807, 2.05) is 41.8 Å². The SMILES string of the molecule is Cc1ccc2c(c1)c1cc(C(=O)NC3CCOC3)ccc1n2-c1ccc(C(F)(F)F)cc1. The van der Waals surface area contributed by atoms with E-state index in [1.165, 1.54) is 12.1 Å². The Labute approximate surface area is 182 Å². The first kappa shape index (κ1) is 20.6. The van der Waals surface area contributed by atoms with Crippen LogP contribution >= 0.6 is 0 Å². The number of carbonyl (C=O) groups is 1. The van der Waals surface area contributed by atoms with Crippen LogP contribution in [0, 0.1) is 6.92 Å². The third kappa shape index (κ3) is 3.62. The lowest BCUT2D eigenvalue weighted by molar-refractivity contribution is -0.137. The summed E-state index contributed by atoms with van der Waals surface area (Å²) in [6.45, 7) is 3.14. The first-order valence-corrected chi connectivity index (χ1v) is 10.4. The molecule has 4 nitrogen and oxygen atoms in total. The number of fused-ring (bicyclic) bond motifs is 3. The van der Waals surface area contributed by atoms with Gasteiger partial charge in [0.2, 0.25) is 0 Å². The average Bonchev–Trinajstić information content (AvgIpc) is 3.38. The van der Waals surface area contributed by atoms with E-state index < -0.39 is 11.7 Å². The quantitative estimate of drug-likeness (QED) is 0.451. The highest BCUT2D eigenvalue weighted by atomic mass is 19.4. The predicted molar refractivity (Wildman–Crippen MR) is 117 cm³/mol. The van der Waals surface area contributed by atoms with E-state index in [9.17, 15) is 18.0 Å². The maximum atomic E-state index is 13.0. The zero-order chi connectivity index (χ0) is 22.5. The molecule has 164 valence electrons. The fourth-order valence-corrected chi connectivity index (χ4v) is 4.27. The molecular formula is C25H21F3N2O2. The molecule has 1 aliphatic rings. The van der Waals surface area contributed by atoms with Gasteiger partial charge in [-0.1, -0.05) is 11.6 Å². The molecule has 32 heavy (non-hydrogen) atoms. The van der Waals surface area contributed by atoms with Crippen molar-refractivity contribution in [2.75, 3.05) is 13.2 Å². The van der Waals surface area contributed by atoms with Crippen LogP contribution in [-0.4, -0.2) is 29.7 Å². The third-order valence-corrected chi connectivity index (χ3v) is 5.90. The highest BCUT2D eigenvalue weighted by Crippen LogP contribution is 2.35. The summed E-state index contributed by atoms with van der Waals surface area (Å²) in [5.41, 5.74) is 3.23. The summed E-state index contributed by atoms with van der Waals surface area (Å²) in [5.74, 6) is -0.162. The number of benzene rings is 3. The van der Waals surface area contributed by atoms with Gasteiger partial charge in [0, 0.05) is 28.6 Å². The number of nitrogens with one attached hydrogen (secondary N) is 1. The smallest absolute Gasteiger partial charge is 0.379 e. The second-order valence-corrected chi connectivity index (χ2v) is 8.17. The van der Waals surface area contributed by atoms with Crippen LogP contribution < -0.4 is 5.32 Å². The topological polar surface area (TPSA) is 43.3 Å². The average molecular weight is 438 g/mol. The van der Waals surface area contributed by atoms with Gasteiger partial charge in [-0.2, -0.15) is 13.2 Å². The minimum absolute atomic E-state index is 0.00827. The lowest BCUT2D eigenvalue weighted by Crippen LogP contribution is -2.34. The van der Waals surface area contributed by atoms with E-state index in [-0.39, 0.29) is 11.9 Å². The Morgan fingerprint density at radius 1 is 1.00 bits per heavy atom. The number of rotatable bonds is 3. The molecule has 1 atom stereocenters. The number of ether oxygens (including phenoxy) is 1. The molecule has 0 spiro atoms. The van der Waals surface area contributed by atoms with Gasteiger partial charge in [-0.05, 0) is 67.9 Å². The van der Waals surface area contributed by atoms with E-state index in [4.69, 9.17) is 4.74 Å². The maximum absolute atomic E-state index is 13.0. The molecule has 1 unspecified atom stereocenters. The van der Waals surface area contributed by atoms with Crippen molar-refractivity contribution in [1.82, 2.24) is 9.88 Å². The normalized spacial score (nSPS) is 16.7. The van der Waals surface area contributed by atoms with Crippen molar-refractivity contribution in [3.63, 3.8) is 0 Å². The number of halogens is 3. The van der Waals surface area contributed by atoms with Crippen molar-refractivity contribution in [3.8, 4) is 5.69 Å². The summed E-state index contributed by atoms with van der Waals surface area (Å²) in [6, 6.07) is 16.5. The van der Waals surface area contributed by atoms with E-state index in [2.05, 4.69) is 5.32 Å². The number of carbonyl (C=O) groups excluding carboxylic acids is 1. The Hall–Kier alpha value is -3.32. The second kappa shape index (κ2) is 7.67. The molecule has 1 aromatic heterocycles. The molecule has 0 radical (unpaired) electrons. The molecule has 1 fully saturated rings. The summed E-state index contributed by atoms with van der Waals surface area (Å²) >= 11 is 0. The Morgan fingerprint density at radius 2 is 1.69 bits per heavy atom. The number of hydrogen-bond donors (Lipinski definition) is 1. The largest absolute Gasteiger partial charge is 0.416 e. The lowest BCUT2D eigenvalue weighted by atomic mass is 10.1. The molecular weight excluding hydrogens is 417 g/mol. The van der Waals surface area contributed by atoms with Gasteiger partial charge in [0.1, 0.15) is 0 Å². The van der Waals surface area contributed by atoms with Crippen molar-refractivity contribution < 1.29 is 22.7 Å².